The van der Waals surface area contributed by atoms with Crippen LogP contribution in [0.15, 0.2) is 41.6 Å². The maximum absolute atomic E-state index is 12.8. The highest BCUT2D eigenvalue weighted by Gasteiger charge is 2.21. The molecule has 0 fully saturated rings. The van der Waals surface area contributed by atoms with Gasteiger partial charge in [-0.15, -0.1) is 5.10 Å². The number of thioether (sulfide) groups is 1. The number of benzene rings is 2. The first-order valence-corrected chi connectivity index (χ1v) is 9.39. The van der Waals surface area contributed by atoms with Crippen molar-refractivity contribution in [2.45, 2.75) is 45.0 Å². The number of aromatic nitrogens is 4. The Kier molecular flexibility index (Phi) is 5.23. The number of rotatable bonds is 5. The normalized spacial score (nSPS) is 12.2. The van der Waals surface area contributed by atoms with Gasteiger partial charge < -0.3 is 0 Å². The van der Waals surface area contributed by atoms with Gasteiger partial charge in [0, 0.05) is 5.56 Å². The van der Waals surface area contributed by atoms with Gasteiger partial charge in [0.25, 0.3) is 0 Å². The van der Waals surface area contributed by atoms with Gasteiger partial charge in [-0.25, -0.2) is 0 Å². The number of tetrazole rings is 1. The Balaban J connectivity index is 1.85. The van der Waals surface area contributed by atoms with E-state index < -0.39 is 0 Å². The summed E-state index contributed by atoms with van der Waals surface area (Å²) in [5.41, 5.74) is 6.17. The predicted octanol–water partition coefficient (Wildman–Crippen LogP) is 4.26. The number of carbonyl (C=O) groups excluding carboxylic acids is 1. The van der Waals surface area contributed by atoms with Crippen molar-refractivity contribution in [3.05, 3.63) is 64.2 Å². The fraction of sp³-hybridized carbons (Fsp3) is 0.300. The summed E-state index contributed by atoms with van der Waals surface area (Å²) in [5.74, 6) is 0.0774. The van der Waals surface area contributed by atoms with Gasteiger partial charge >= 0.3 is 0 Å². The molecule has 3 aromatic rings. The van der Waals surface area contributed by atoms with Crippen molar-refractivity contribution in [1.29, 1.82) is 0 Å². The number of ketones is 1. The van der Waals surface area contributed by atoms with Crippen molar-refractivity contribution >= 4 is 17.5 Å². The summed E-state index contributed by atoms with van der Waals surface area (Å²) in [4.78, 5) is 12.8. The maximum Gasteiger partial charge on any atom is 0.214 e. The molecule has 1 unspecified atom stereocenters. The summed E-state index contributed by atoms with van der Waals surface area (Å²) in [6.45, 7) is 10.0. The maximum atomic E-state index is 12.8. The molecule has 0 amide bonds. The van der Waals surface area contributed by atoms with Crippen LogP contribution in [-0.2, 0) is 0 Å². The van der Waals surface area contributed by atoms with Crippen LogP contribution in [0.4, 0.5) is 0 Å². The van der Waals surface area contributed by atoms with Crippen LogP contribution in [0.3, 0.4) is 0 Å². The number of nitrogens with zero attached hydrogens (tertiary/aromatic N) is 4. The standard InChI is InChI=1S/C20H22N4OS/c1-12-6-7-14(3)18(10-12)24-20(21-22-23-24)26-16(5)19(25)17-9-8-13(2)15(4)11-17/h6-11,16H,1-5H3. The van der Waals surface area contributed by atoms with Crippen LogP contribution in [0.1, 0.15) is 39.5 Å². The molecule has 0 N–H and O–H groups in total. The Morgan fingerprint density at radius 2 is 1.73 bits per heavy atom. The molecule has 6 heteroatoms. The fourth-order valence-electron chi connectivity index (χ4n) is 2.69. The van der Waals surface area contributed by atoms with Gasteiger partial charge in [-0.3, -0.25) is 4.79 Å². The van der Waals surface area contributed by atoms with Gasteiger partial charge in [0.1, 0.15) is 0 Å². The van der Waals surface area contributed by atoms with Crippen LogP contribution in [0.25, 0.3) is 5.69 Å². The van der Waals surface area contributed by atoms with Gasteiger partial charge in [0.2, 0.25) is 5.16 Å². The lowest BCUT2D eigenvalue weighted by Crippen LogP contribution is -2.15. The quantitative estimate of drug-likeness (QED) is 0.499. The summed E-state index contributed by atoms with van der Waals surface area (Å²) < 4.78 is 1.71. The zero-order chi connectivity index (χ0) is 18.8. The van der Waals surface area contributed by atoms with Crippen molar-refractivity contribution < 1.29 is 4.79 Å². The second-order valence-electron chi connectivity index (χ2n) is 6.59. The van der Waals surface area contributed by atoms with Crippen LogP contribution in [-0.4, -0.2) is 31.2 Å². The monoisotopic (exact) mass is 366 g/mol. The highest BCUT2D eigenvalue weighted by atomic mass is 32.2. The number of hydrogen-bond donors (Lipinski definition) is 0. The molecule has 0 bridgehead atoms. The molecular weight excluding hydrogens is 344 g/mol. The minimum Gasteiger partial charge on any atom is -0.293 e. The van der Waals surface area contributed by atoms with E-state index in [2.05, 4.69) is 21.6 Å². The summed E-state index contributed by atoms with van der Waals surface area (Å²) in [7, 11) is 0. The summed E-state index contributed by atoms with van der Waals surface area (Å²) in [6, 6.07) is 12.0. The minimum absolute atomic E-state index is 0.0774. The third kappa shape index (κ3) is 3.70. The molecule has 1 heterocycles. The molecule has 0 aliphatic heterocycles. The van der Waals surface area contributed by atoms with Crippen LogP contribution in [0.5, 0.6) is 0 Å². The first-order chi connectivity index (χ1) is 12.4. The zero-order valence-corrected chi connectivity index (χ0v) is 16.5. The van der Waals surface area contributed by atoms with E-state index in [4.69, 9.17) is 0 Å². The molecular formula is C20H22N4OS. The van der Waals surface area contributed by atoms with E-state index in [1.54, 1.807) is 4.68 Å². The predicted molar refractivity (Wildman–Crippen MR) is 104 cm³/mol. The van der Waals surface area contributed by atoms with Gasteiger partial charge in [0.05, 0.1) is 10.9 Å². The number of aryl methyl sites for hydroxylation is 4. The molecule has 0 radical (unpaired) electrons. The third-order valence-corrected chi connectivity index (χ3v) is 5.51. The second-order valence-corrected chi connectivity index (χ2v) is 7.89. The molecule has 134 valence electrons. The Bertz CT molecular complexity index is 964. The molecule has 0 spiro atoms. The number of Topliss-reactive ketones (excluding diaryl/α,β-unsaturated/α-hetero) is 1. The van der Waals surface area contributed by atoms with E-state index in [1.807, 2.05) is 65.0 Å². The van der Waals surface area contributed by atoms with E-state index in [1.165, 1.54) is 17.3 Å². The van der Waals surface area contributed by atoms with Crippen molar-refractivity contribution in [3.63, 3.8) is 0 Å². The first-order valence-electron chi connectivity index (χ1n) is 8.51. The minimum atomic E-state index is -0.285. The molecule has 1 aromatic heterocycles. The summed E-state index contributed by atoms with van der Waals surface area (Å²) in [6.07, 6.45) is 0. The summed E-state index contributed by atoms with van der Waals surface area (Å²) >= 11 is 1.38. The molecule has 2 aromatic carbocycles. The van der Waals surface area contributed by atoms with Crippen LogP contribution < -0.4 is 0 Å². The number of carbonyl (C=O) groups is 1. The Morgan fingerprint density at radius 3 is 2.46 bits per heavy atom. The Hall–Kier alpha value is -2.47. The van der Waals surface area contributed by atoms with Gasteiger partial charge in [-0.1, -0.05) is 36.0 Å². The molecule has 0 saturated carbocycles. The number of hydrogen-bond acceptors (Lipinski definition) is 5. The van der Waals surface area contributed by atoms with E-state index >= 15 is 0 Å². The molecule has 5 nitrogen and oxygen atoms in total. The molecule has 0 aliphatic rings. The van der Waals surface area contributed by atoms with Crippen LogP contribution in [0, 0.1) is 27.7 Å². The van der Waals surface area contributed by atoms with Gasteiger partial charge in [-0.05, 0) is 79.4 Å². The van der Waals surface area contributed by atoms with Crippen LogP contribution in [0.2, 0.25) is 0 Å². The second kappa shape index (κ2) is 7.41. The van der Waals surface area contributed by atoms with Crippen LogP contribution >= 0.6 is 11.8 Å². The SMILES string of the molecule is Cc1ccc(C)c(-n2nnnc2SC(C)C(=O)c2ccc(C)c(C)c2)c1. The first kappa shape index (κ1) is 18.3. The van der Waals surface area contributed by atoms with Crippen molar-refractivity contribution in [1.82, 2.24) is 20.2 Å². The van der Waals surface area contributed by atoms with Crippen molar-refractivity contribution in [3.8, 4) is 5.69 Å². The Morgan fingerprint density at radius 1 is 1.00 bits per heavy atom. The zero-order valence-electron chi connectivity index (χ0n) is 15.6. The van der Waals surface area contributed by atoms with E-state index in [9.17, 15) is 4.79 Å². The molecule has 0 aliphatic carbocycles. The fourth-order valence-corrected chi connectivity index (χ4v) is 3.57. The highest BCUT2D eigenvalue weighted by Crippen LogP contribution is 2.27. The van der Waals surface area contributed by atoms with Gasteiger partial charge in [0.15, 0.2) is 5.78 Å². The lowest BCUT2D eigenvalue weighted by molar-refractivity contribution is 0.0993. The molecule has 1 atom stereocenters. The largest absolute Gasteiger partial charge is 0.293 e. The van der Waals surface area contributed by atoms with E-state index in [0.29, 0.717) is 5.16 Å². The van der Waals surface area contributed by atoms with Crippen molar-refractivity contribution in [2.75, 3.05) is 0 Å². The Labute approximate surface area is 157 Å². The molecule has 0 saturated heterocycles. The highest BCUT2D eigenvalue weighted by molar-refractivity contribution is 8.00. The summed E-state index contributed by atoms with van der Waals surface area (Å²) in [5, 5.41) is 12.4. The van der Waals surface area contributed by atoms with E-state index in [-0.39, 0.29) is 11.0 Å². The van der Waals surface area contributed by atoms with Crippen molar-refractivity contribution in [2.24, 2.45) is 0 Å². The smallest absolute Gasteiger partial charge is 0.214 e. The van der Waals surface area contributed by atoms with E-state index in [0.717, 1.165) is 27.9 Å². The lowest BCUT2D eigenvalue weighted by Gasteiger charge is -2.12. The average molecular weight is 366 g/mol. The van der Waals surface area contributed by atoms with Gasteiger partial charge in [-0.2, -0.15) is 4.68 Å². The molecule has 26 heavy (non-hydrogen) atoms. The average Bonchev–Trinajstić information content (AvgIpc) is 3.06. The third-order valence-electron chi connectivity index (χ3n) is 4.48. The molecule has 3 rings (SSSR count). The lowest BCUT2D eigenvalue weighted by atomic mass is 10.0. The topological polar surface area (TPSA) is 60.7 Å².